The third-order valence-corrected chi connectivity index (χ3v) is 5.76. The van der Waals surface area contributed by atoms with Gasteiger partial charge in [-0.25, -0.2) is 0 Å². The number of ether oxygens (including phenoxy) is 5. The van der Waals surface area contributed by atoms with Crippen LogP contribution in [0.25, 0.3) is 0 Å². The lowest BCUT2D eigenvalue weighted by molar-refractivity contribution is -0.141. The molecule has 1 aliphatic rings. The monoisotopic (exact) mass is 472 g/mol. The van der Waals surface area contributed by atoms with E-state index in [4.69, 9.17) is 29.4 Å². The van der Waals surface area contributed by atoms with Crippen LogP contribution in [0.1, 0.15) is 37.8 Å². The molecule has 0 aromatic heterocycles. The number of amides is 1. The lowest BCUT2D eigenvalue weighted by Gasteiger charge is -2.17. The van der Waals surface area contributed by atoms with E-state index < -0.39 is 11.8 Å². The van der Waals surface area contributed by atoms with Crippen LogP contribution in [-0.2, 0) is 27.2 Å². The smallest absolute Gasteiger partial charge is 0.234 e. The Labute approximate surface area is 201 Å². The number of carbonyl (C=O) groups is 1. The van der Waals surface area contributed by atoms with Crippen molar-refractivity contribution >= 4 is 5.91 Å². The first-order valence-corrected chi connectivity index (χ1v) is 11.6. The van der Waals surface area contributed by atoms with Crippen LogP contribution in [0.5, 0.6) is 17.2 Å². The maximum absolute atomic E-state index is 12.0. The molecule has 34 heavy (non-hydrogen) atoms. The summed E-state index contributed by atoms with van der Waals surface area (Å²) in [7, 11) is 3.22. The molecule has 2 aromatic carbocycles. The molecule has 1 aliphatic heterocycles. The SMILES string of the molecule is COc1ccc(CNC(CCCc2ccc(OC[C@@H]3COC(C)(C)O3)cc2)C(N)=O)c(OC)c1. The van der Waals surface area contributed by atoms with Crippen molar-refractivity contribution < 1.29 is 28.5 Å². The van der Waals surface area contributed by atoms with Gasteiger partial charge in [-0.3, -0.25) is 4.79 Å². The second-order valence-corrected chi connectivity index (χ2v) is 8.81. The van der Waals surface area contributed by atoms with Crippen molar-refractivity contribution in [2.24, 2.45) is 5.73 Å². The van der Waals surface area contributed by atoms with Gasteiger partial charge in [0.1, 0.15) is 30.0 Å². The zero-order valence-electron chi connectivity index (χ0n) is 20.5. The molecular weight excluding hydrogens is 436 g/mol. The van der Waals surface area contributed by atoms with Gasteiger partial charge >= 0.3 is 0 Å². The molecule has 8 heteroatoms. The fraction of sp³-hybridized carbons (Fsp3) is 0.500. The third-order valence-electron chi connectivity index (χ3n) is 5.76. The molecule has 0 bridgehead atoms. The maximum Gasteiger partial charge on any atom is 0.234 e. The minimum absolute atomic E-state index is 0.0641. The average Bonchev–Trinajstić information content (AvgIpc) is 3.18. The molecule has 0 aliphatic carbocycles. The Morgan fingerprint density at radius 2 is 1.88 bits per heavy atom. The number of hydrogen-bond acceptors (Lipinski definition) is 7. The molecule has 1 saturated heterocycles. The summed E-state index contributed by atoms with van der Waals surface area (Å²) in [6.07, 6.45) is 2.24. The van der Waals surface area contributed by atoms with Crippen LogP contribution < -0.4 is 25.3 Å². The Hall–Kier alpha value is -2.81. The van der Waals surface area contributed by atoms with Crippen molar-refractivity contribution in [3.05, 3.63) is 53.6 Å². The number of primary amides is 1. The number of aryl methyl sites for hydroxylation is 1. The van der Waals surface area contributed by atoms with Gasteiger partial charge in [0.05, 0.1) is 26.9 Å². The van der Waals surface area contributed by atoms with E-state index >= 15 is 0 Å². The van der Waals surface area contributed by atoms with Gasteiger partial charge in [0.2, 0.25) is 5.91 Å². The van der Waals surface area contributed by atoms with Gasteiger partial charge in [-0.1, -0.05) is 18.2 Å². The molecule has 186 valence electrons. The Bertz CT molecular complexity index is 931. The second-order valence-electron chi connectivity index (χ2n) is 8.81. The molecule has 1 heterocycles. The predicted molar refractivity (Wildman–Crippen MR) is 129 cm³/mol. The van der Waals surface area contributed by atoms with E-state index in [0.29, 0.717) is 37.7 Å². The Morgan fingerprint density at radius 1 is 1.15 bits per heavy atom. The fourth-order valence-corrected chi connectivity index (χ4v) is 3.87. The van der Waals surface area contributed by atoms with E-state index in [9.17, 15) is 4.79 Å². The van der Waals surface area contributed by atoms with Crippen molar-refractivity contribution in [1.29, 1.82) is 0 Å². The highest BCUT2D eigenvalue weighted by molar-refractivity contribution is 5.79. The van der Waals surface area contributed by atoms with E-state index in [1.165, 1.54) is 5.56 Å². The normalized spacial score (nSPS) is 17.8. The third kappa shape index (κ3) is 7.62. The van der Waals surface area contributed by atoms with E-state index in [1.54, 1.807) is 14.2 Å². The quantitative estimate of drug-likeness (QED) is 0.462. The first kappa shape index (κ1) is 25.8. The summed E-state index contributed by atoms with van der Waals surface area (Å²) in [6, 6.07) is 13.2. The van der Waals surface area contributed by atoms with E-state index in [2.05, 4.69) is 5.32 Å². The number of methoxy groups -OCH3 is 2. The summed E-state index contributed by atoms with van der Waals surface area (Å²) in [5, 5.41) is 3.25. The van der Waals surface area contributed by atoms with Gasteiger partial charge < -0.3 is 34.7 Å². The van der Waals surface area contributed by atoms with Crippen LogP contribution in [0.4, 0.5) is 0 Å². The minimum Gasteiger partial charge on any atom is -0.497 e. The van der Waals surface area contributed by atoms with Crippen LogP contribution >= 0.6 is 0 Å². The van der Waals surface area contributed by atoms with Crippen molar-refractivity contribution in [3.63, 3.8) is 0 Å². The van der Waals surface area contributed by atoms with Crippen LogP contribution in [0.15, 0.2) is 42.5 Å². The first-order chi connectivity index (χ1) is 16.3. The molecule has 1 fully saturated rings. The van der Waals surface area contributed by atoms with Crippen molar-refractivity contribution in [2.45, 2.75) is 57.6 Å². The van der Waals surface area contributed by atoms with E-state index in [-0.39, 0.29) is 12.0 Å². The van der Waals surface area contributed by atoms with Crippen molar-refractivity contribution in [2.75, 3.05) is 27.4 Å². The standard InChI is InChI=1S/C26H36N2O6/c1-26(2)33-17-22(34-26)16-32-20-11-8-18(9-12-20)6-5-7-23(25(27)29)28-15-19-10-13-21(30-3)14-24(19)31-4/h8-14,22-23,28H,5-7,15-17H2,1-4H3,(H2,27,29)/t22-,23?/m1/s1. The Balaban J connectivity index is 1.43. The van der Waals surface area contributed by atoms with Crippen molar-refractivity contribution in [1.82, 2.24) is 5.32 Å². The highest BCUT2D eigenvalue weighted by Crippen LogP contribution is 2.25. The number of nitrogens with one attached hydrogen (secondary N) is 1. The van der Waals surface area contributed by atoms with Crippen LogP contribution in [0, 0.1) is 0 Å². The van der Waals surface area contributed by atoms with Crippen molar-refractivity contribution in [3.8, 4) is 17.2 Å². The van der Waals surface area contributed by atoms with E-state index in [1.807, 2.05) is 56.3 Å². The molecule has 1 unspecified atom stereocenters. The highest BCUT2D eigenvalue weighted by atomic mass is 16.7. The van der Waals surface area contributed by atoms with Crippen LogP contribution in [0.2, 0.25) is 0 Å². The zero-order valence-corrected chi connectivity index (χ0v) is 20.5. The highest BCUT2D eigenvalue weighted by Gasteiger charge is 2.32. The number of carbonyl (C=O) groups excluding carboxylic acids is 1. The van der Waals surface area contributed by atoms with Gasteiger partial charge in [0.25, 0.3) is 0 Å². The molecule has 0 saturated carbocycles. The van der Waals surface area contributed by atoms with E-state index in [0.717, 1.165) is 24.2 Å². The molecule has 0 radical (unpaired) electrons. The Morgan fingerprint density at radius 3 is 2.50 bits per heavy atom. The molecule has 0 spiro atoms. The summed E-state index contributed by atoms with van der Waals surface area (Å²) in [4.78, 5) is 12.0. The molecule has 1 amide bonds. The minimum atomic E-state index is -0.545. The second kappa shape index (κ2) is 12.1. The Kier molecular flexibility index (Phi) is 9.15. The predicted octanol–water partition coefficient (Wildman–Crippen LogP) is 3.20. The van der Waals surface area contributed by atoms with Gasteiger partial charge in [-0.15, -0.1) is 0 Å². The summed E-state index contributed by atoms with van der Waals surface area (Å²) in [5.74, 6) is 1.30. The number of hydrogen-bond donors (Lipinski definition) is 2. The lowest BCUT2D eigenvalue weighted by atomic mass is 10.0. The molecule has 3 N–H and O–H groups in total. The largest absolute Gasteiger partial charge is 0.497 e. The molecular formula is C26H36N2O6. The van der Waals surface area contributed by atoms with Crippen LogP contribution in [-0.4, -0.2) is 51.3 Å². The number of nitrogens with two attached hydrogens (primary N) is 1. The summed E-state index contributed by atoms with van der Waals surface area (Å²) in [6.45, 7) is 5.25. The van der Waals surface area contributed by atoms with Gasteiger partial charge in [0, 0.05) is 18.2 Å². The zero-order chi connectivity index (χ0) is 24.6. The molecule has 2 atom stereocenters. The molecule has 2 aromatic rings. The average molecular weight is 473 g/mol. The fourth-order valence-electron chi connectivity index (χ4n) is 3.87. The number of benzene rings is 2. The van der Waals surface area contributed by atoms with Gasteiger partial charge in [0.15, 0.2) is 5.79 Å². The van der Waals surface area contributed by atoms with Gasteiger partial charge in [-0.2, -0.15) is 0 Å². The summed E-state index contributed by atoms with van der Waals surface area (Å²) >= 11 is 0. The lowest BCUT2D eigenvalue weighted by Crippen LogP contribution is -2.41. The summed E-state index contributed by atoms with van der Waals surface area (Å²) < 4.78 is 27.8. The number of rotatable bonds is 13. The van der Waals surface area contributed by atoms with Crippen LogP contribution in [0.3, 0.4) is 0 Å². The topological polar surface area (TPSA) is 101 Å². The molecule has 8 nitrogen and oxygen atoms in total. The van der Waals surface area contributed by atoms with Gasteiger partial charge in [-0.05, 0) is 56.9 Å². The summed E-state index contributed by atoms with van der Waals surface area (Å²) in [5.41, 5.74) is 7.74. The first-order valence-electron chi connectivity index (χ1n) is 11.6. The maximum atomic E-state index is 12.0. The molecule has 3 rings (SSSR count).